The molecule has 1 saturated heterocycles. The molecule has 0 saturated carbocycles. The minimum atomic E-state index is 0.0199. The van der Waals surface area contributed by atoms with Crippen LogP contribution in [0.4, 0.5) is 0 Å². The van der Waals surface area contributed by atoms with E-state index in [9.17, 15) is 4.79 Å². The molecule has 5 nitrogen and oxygen atoms in total. The van der Waals surface area contributed by atoms with Gasteiger partial charge in [-0.2, -0.15) is 0 Å². The lowest BCUT2D eigenvalue weighted by atomic mass is 10.0. The molecule has 148 valence electrons. The third-order valence-corrected chi connectivity index (χ3v) is 6.54. The second-order valence-corrected chi connectivity index (χ2v) is 8.61. The van der Waals surface area contributed by atoms with E-state index in [1.807, 2.05) is 41.7 Å². The van der Waals surface area contributed by atoms with E-state index in [0.29, 0.717) is 18.3 Å². The monoisotopic (exact) mass is 396 g/mol. The summed E-state index contributed by atoms with van der Waals surface area (Å²) in [4.78, 5) is 23.1. The highest BCUT2D eigenvalue weighted by Crippen LogP contribution is 2.24. The van der Waals surface area contributed by atoms with E-state index in [0.717, 1.165) is 30.2 Å². The van der Waals surface area contributed by atoms with Crippen molar-refractivity contribution in [3.8, 4) is 0 Å². The van der Waals surface area contributed by atoms with Gasteiger partial charge in [-0.05, 0) is 38.3 Å². The van der Waals surface area contributed by atoms with Crippen LogP contribution in [0.3, 0.4) is 0 Å². The summed E-state index contributed by atoms with van der Waals surface area (Å²) in [7, 11) is 1.88. The van der Waals surface area contributed by atoms with E-state index in [2.05, 4.69) is 28.4 Å². The smallest absolute Gasteiger partial charge is 0.274 e. The topological polar surface area (TPSA) is 40.9 Å². The Morgan fingerprint density at radius 2 is 2.11 bits per heavy atom. The number of hydrogen-bond acceptors (Lipinski definition) is 4. The molecular formula is C22H28N4OS. The van der Waals surface area contributed by atoms with Gasteiger partial charge >= 0.3 is 0 Å². The molecule has 1 atom stereocenters. The fraction of sp³-hybridized carbons (Fsp3) is 0.455. The van der Waals surface area contributed by atoms with Crippen LogP contribution in [0.15, 0.2) is 41.9 Å². The van der Waals surface area contributed by atoms with Crippen molar-refractivity contribution in [1.82, 2.24) is 19.2 Å². The Labute approximate surface area is 170 Å². The summed E-state index contributed by atoms with van der Waals surface area (Å²) in [5, 5.41) is 2.04. The largest absolute Gasteiger partial charge is 0.340 e. The van der Waals surface area contributed by atoms with E-state index >= 15 is 0 Å². The van der Waals surface area contributed by atoms with Crippen molar-refractivity contribution in [2.45, 2.75) is 45.2 Å². The molecule has 1 aliphatic rings. The van der Waals surface area contributed by atoms with Gasteiger partial charge in [-0.25, -0.2) is 4.98 Å². The molecule has 28 heavy (non-hydrogen) atoms. The van der Waals surface area contributed by atoms with Gasteiger partial charge in [0.2, 0.25) is 0 Å². The fourth-order valence-corrected chi connectivity index (χ4v) is 4.70. The lowest BCUT2D eigenvalue weighted by molar-refractivity contribution is 0.0786. The van der Waals surface area contributed by atoms with Gasteiger partial charge in [-0.1, -0.05) is 36.8 Å². The van der Waals surface area contributed by atoms with Crippen LogP contribution < -0.4 is 0 Å². The zero-order chi connectivity index (χ0) is 19.5. The number of carbonyl (C=O) groups excluding carboxylic acids is 1. The van der Waals surface area contributed by atoms with Crippen molar-refractivity contribution in [2.24, 2.45) is 0 Å². The summed E-state index contributed by atoms with van der Waals surface area (Å²) < 4.78 is 2.10. The molecule has 1 aromatic carbocycles. The zero-order valence-corrected chi connectivity index (χ0v) is 17.5. The molecule has 3 heterocycles. The summed E-state index contributed by atoms with van der Waals surface area (Å²) in [5.74, 6) is 0.0199. The second-order valence-electron chi connectivity index (χ2n) is 7.74. The van der Waals surface area contributed by atoms with Gasteiger partial charge in [0.1, 0.15) is 0 Å². The van der Waals surface area contributed by atoms with E-state index in [4.69, 9.17) is 4.98 Å². The highest BCUT2D eigenvalue weighted by atomic mass is 32.1. The predicted molar refractivity (Wildman–Crippen MR) is 114 cm³/mol. The SMILES string of the molecule is CC1CCCCN1Cc1c(C(=O)N(C)CCc2ccccc2)nc2sccn12. The Bertz CT molecular complexity index is 933. The number of aromatic nitrogens is 2. The molecule has 2 aromatic heterocycles. The Balaban J connectivity index is 1.53. The standard InChI is InChI=1S/C22H28N4OS/c1-17-8-6-7-12-25(17)16-19-20(23-22-26(19)14-15-28-22)21(27)24(2)13-11-18-9-4-3-5-10-18/h3-5,9-10,14-15,17H,6-8,11-13,16H2,1-2H3. The summed E-state index contributed by atoms with van der Waals surface area (Å²) >= 11 is 1.59. The van der Waals surface area contributed by atoms with Gasteiger partial charge in [0.15, 0.2) is 10.7 Å². The molecule has 0 spiro atoms. The highest BCUT2D eigenvalue weighted by molar-refractivity contribution is 7.15. The van der Waals surface area contributed by atoms with Crippen molar-refractivity contribution >= 4 is 22.2 Å². The number of imidazole rings is 1. The van der Waals surface area contributed by atoms with E-state index in [-0.39, 0.29) is 5.91 Å². The maximum absolute atomic E-state index is 13.2. The summed E-state index contributed by atoms with van der Waals surface area (Å²) in [6, 6.07) is 10.9. The lowest BCUT2D eigenvalue weighted by Crippen LogP contribution is -2.38. The number of likely N-dealkylation sites (tertiary alicyclic amines) is 1. The Morgan fingerprint density at radius 1 is 1.29 bits per heavy atom. The Hall–Kier alpha value is -2.18. The number of thiazole rings is 1. The van der Waals surface area contributed by atoms with E-state index < -0.39 is 0 Å². The number of piperidine rings is 1. The van der Waals surface area contributed by atoms with Crippen LogP contribution in [0.5, 0.6) is 0 Å². The van der Waals surface area contributed by atoms with Crippen molar-refractivity contribution in [3.05, 3.63) is 58.9 Å². The maximum Gasteiger partial charge on any atom is 0.274 e. The number of amides is 1. The zero-order valence-electron chi connectivity index (χ0n) is 16.7. The number of rotatable bonds is 6. The van der Waals surface area contributed by atoms with Gasteiger partial charge < -0.3 is 4.90 Å². The Kier molecular flexibility index (Phi) is 5.78. The average molecular weight is 397 g/mol. The van der Waals surface area contributed by atoms with Crippen LogP contribution in [-0.2, 0) is 13.0 Å². The first-order valence-electron chi connectivity index (χ1n) is 10.1. The first-order chi connectivity index (χ1) is 13.6. The highest BCUT2D eigenvalue weighted by Gasteiger charge is 2.26. The third-order valence-electron chi connectivity index (χ3n) is 5.78. The number of benzene rings is 1. The molecule has 0 N–H and O–H groups in total. The quantitative estimate of drug-likeness (QED) is 0.630. The van der Waals surface area contributed by atoms with Crippen LogP contribution in [-0.4, -0.2) is 51.3 Å². The van der Waals surface area contributed by atoms with Crippen LogP contribution >= 0.6 is 11.3 Å². The van der Waals surface area contributed by atoms with Gasteiger partial charge in [0.25, 0.3) is 5.91 Å². The fourth-order valence-electron chi connectivity index (χ4n) is 3.96. The van der Waals surface area contributed by atoms with Crippen LogP contribution in [0.25, 0.3) is 4.96 Å². The molecular weight excluding hydrogens is 368 g/mol. The molecule has 0 aliphatic carbocycles. The van der Waals surface area contributed by atoms with E-state index in [1.54, 1.807) is 11.3 Å². The molecule has 3 aromatic rings. The van der Waals surface area contributed by atoms with Crippen molar-refractivity contribution in [1.29, 1.82) is 0 Å². The van der Waals surface area contributed by atoms with Gasteiger partial charge in [-0.3, -0.25) is 14.1 Å². The van der Waals surface area contributed by atoms with Crippen molar-refractivity contribution < 1.29 is 4.79 Å². The average Bonchev–Trinajstić information content (AvgIpc) is 3.30. The Morgan fingerprint density at radius 3 is 2.89 bits per heavy atom. The molecule has 1 amide bonds. The predicted octanol–water partition coefficient (Wildman–Crippen LogP) is 4.08. The number of fused-ring (bicyclic) bond motifs is 1. The molecule has 4 rings (SSSR count). The minimum absolute atomic E-state index is 0.0199. The van der Waals surface area contributed by atoms with Crippen LogP contribution in [0, 0.1) is 0 Å². The summed E-state index contributed by atoms with van der Waals surface area (Å²) in [5.41, 5.74) is 2.89. The number of likely N-dealkylation sites (N-methyl/N-ethyl adjacent to an activating group) is 1. The van der Waals surface area contributed by atoms with Crippen LogP contribution in [0.1, 0.15) is 47.9 Å². The number of carbonyl (C=O) groups is 1. The van der Waals surface area contributed by atoms with Gasteiger partial charge in [0.05, 0.1) is 5.69 Å². The van der Waals surface area contributed by atoms with Gasteiger partial charge in [0, 0.05) is 37.8 Å². The number of nitrogens with zero attached hydrogens (tertiary/aromatic N) is 4. The second kappa shape index (κ2) is 8.45. The van der Waals surface area contributed by atoms with Crippen LogP contribution in [0.2, 0.25) is 0 Å². The van der Waals surface area contributed by atoms with Crippen molar-refractivity contribution in [2.75, 3.05) is 20.1 Å². The first-order valence-corrected chi connectivity index (χ1v) is 11.0. The lowest BCUT2D eigenvalue weighted by Gasteiger charge is -2.33. The molecule has 1 aliphatic heterocycles. The van der Waals surface area contributed by atoms with Crippen molar-refractivity contribution in [3.63, 3.8) is 0 Å². The molecule has 0 radical (unpaired) electrons. The first kappa shape index (κ1) is 19.2. The minimum Gasteiger partial charge on any atom is -0.340 e. The number of hydrogen-bond donors (Lipinski definition) is 0. The van der Waals surface area contributed by atoms with E-state index in [1.165, 1.54) is 24.8 Å². The third kappa shape index (κ3) is 3.98. The molecule has 6 heteroatoms. The molecule has 1 fully saturated rings. The molecule has 0 bridgehead atoms. The molecule has 1 unspecified atom stereocenters. The summed E-state index contributed by atoms with van der Waals surface area (Å²) in [6.45, 7) is 4.86. The normalized spacial score (nSPS) is 17.9. The maximum atomic E-state index is 13.2. The summed E-state index contributed by atoms with van der Waals surface area (Å²) in [6.07, 6.45) is 6.65. The van der Waals surface area contributed by atoms with Gasteiger partial charge in [-0.15, -0.1) is 11.3 Å².